The van der Waals surface area contributed by atoms with Crippen molar-refractivity contribution in [1.82, 2.24) is 0 Å². The average molecular weight is 311 g/mol. The normalized spacial score (nSPS) is 10.3. The van der Waals surface area contributed by atoms with E-state index in [2.05, 4.69) is 5.32 Å². The third kappa shape index (κ3) is 5.25. The minimum Gasteiger partial charge on any atom is -0.481 e. The predicted octanol–water partition coefficient (Wildman–Crippen LogP) is 3.50. The third-order valence-electron chi connectivity index (χ3n) is 3.69. The Kier molecular flexibility index (Phi) is 5.52. The highest BCUT2D eigenvalue weighted by atomic mass is 16.4. The molecule has 0 radical (unpaired) electrons. The van der Waals surface area contributed by atoms with Crippen LogP contribution in [0.25, 0.3) is 0 Å². The summed E-state index contributed by atoms with van der Waals surface area (Å²) >= 11 is 0. The lowest BCUT2D eigenvalue weighted by Gasteiger charge is -2.09. The molecule has 4 nitrogen and oxygen atoms in total. The van der Waals surface area contributed by atoms with Crippen molar-refractivity contribution >= 4 is 17.6 Å². The molecule has 2 aromatic rings. The number of carboxylic acid groups (broad SMARTS) is 1. The summed E-state index contributed by atoms with van der Waals surface area (Å²) in [5, 5.41) is 11.6. The predicted molar refractivity (Wildman–Crippen MR) is 90.6 cm³/mol. The number of aliphatic carboxylic acids is 1. The quantitative estimate of drug-likeness (QED) is 0.858. The Morgan fingerprint density at radius 2 is 1.87 bits per heavy atom. The molecule has 0 unspecified atom stereocenters. The van der Waals surface area contributed by atoms with Gasteiger partial charge < -0.3 is 10.4 Å². The van der Waals surface area contributed by atoms with Crippen molar-refractivity contribution in [3.8, 4) is 0 Å². The van der Waals surface area contributed by atoms with Gasteiger partial charge in [-0.05, 0) is 49.1 Å². The fraction of sp³-hybridized carbons (Fsp3) is 0.263. The van der Waals surface area contributed by atoms with E-state index in [9.17, 15) is 9.59 Å². The molecular weight excluding hydrogens is 290 g/mol. The average Bonchev–Trinajstić information content (AvgIpc) is 2.49. The van der Waals surface area contributed by atoms with Crippen molar-refractivity contribution in [3.05, 3.63) is 64.7 Å². The van der Waals surface area contributed by atoms with E-state index in [1.54, 1.807) is 0 Å². The minimum atomic E-state index is -0.825. The number of anilines is 1. The number of amides is 1. The summed E-state index contributed by atoms with van der Waals surface area (Å²) in [7, 11) is 0. The second-order valence-corrected chi connectivity index (χ2v) is 5.75. The number of hydrogen-bond donors (Lipinski definition) is 2. The van der Waals surface area contributed by atoms with E-state index >= 15 is 0 Å². The first-order valence-corrected chi connectivity index (χ1v) is 7.61. The first kappa shape index (κ1) is 16.7. The van der Waals surface area contributed by atoms with Gasteiger partial charge in [-0.2, -0.15) is 0 Å². The van der Waals surface area contributed by atoms with Gasteiger partial charge in [0.15, 0.2) is 0 Å². The maximum Gasteiger partial charge on any atom is 0.303 e. The van der Waals surface area contributed by atoms with Crippen molar-refractivity contribution in [2.45, 2.75) is 33.1 Å². The highest BCUT2D eigenvalue weighted by Crippen LogP contribution is 2.15. The van der Waals surface area contributed by atoms with Crippen LogP contribution < -0.4 is 5.32 Å². The number of rotatable bonds is 6. The molecule has 0 atom stereocenters. The van der Waals surface area contributed by atoms with Crippen LogP contribution in [0.15, 0.2) is 42.5 Å². The molecule has 4 heteroatoms. The lowest BCUT2D eigenvalue weighted by molar-refractivity contribution is -0.137. The number of carbonyl (C=O) groups is 2. The van der Waals surface area contributed by atoms with Crippen molar-refractivity contribution in [1.29, 1.82) is 0 Å². The Balaban J connectivity index is 2.01. The van der Waals surface area contributed by atoms with Gasteiger partial charge >= 0.3 is 5.97 Å². The molecule has 0 aromatic heterocycles. The van der Waals surface area contributed by atoms with Crippen LogP contribution in [0.2, 0.25) is 0 Å². The number of carbonyl (C=O) groups excluding carboxylic acids is 1. The van der Waals surface area contributed by atoms with Gasteiger partial charge in [0.2, 0.25) is 5.91 Å². The standard InChI is InChI=1S/C19H21NO3/c1-13-6-7-14(2)16(10-13)12-18(21)20-17-5-3-4-15(11-17)8-9-19(22)23/h3-7,10-11H,8-9,12H2,1-2H3,(H,20,21)(H,22,23). The van der Waals surface area contributed by atoms with Crippen LogP contribution in [0.5, 0.6) is 0 Å². The monoisotopic (exact) mass is 311 g/mol. The summed E-state index contributed by atoms with van der Waals surface area (Å²) < 4.78 is 0. The van der Waals surface area contributed by atoms with Gasteiger partial charge in [-0.15, -0.1) is 0 Å². The molecule has 0 fully saturated rings. The summed E-state index contributed by atoms with van der Waals surface area (Å²) in [4.78, 5) is 22.8. The van der Waals surface area contributed by atoms with Crippen LogP contribution in [0.4, 0.5) is 5.69 Å². The van der Waals surface area contributed by atoms with Crippen LogP contribution in [0.1, 0.15) is 28.7 Å². The third-order valence-corrected chi connectivity index (χ3v) is 3.69. The highest BCUT2D eigenvalue weighted by molar-refractivity contribution is 5.92. The van der Waals surface area contributed by atoms with Crippen LogP contribution in [0.3, 0.4) is 0 Å². The Morgan fingerprint density at radius 1 is 1.09 bits per heavy atom. The zero-order valence-corrected chi connectivity index (χ0v) is 13.4. The fourth-order valence-electron chi connectivity index (χ4n) is 2.42. The molecule has 2 N–H and O–H groups in total. The second kappa shape index (κ2) is 7.58. The maximum absolute atomic E-state index is 12.2. The SMILES string of the molecule is Cc1ccc(C)c(CC(=O)Nc2cccc(CCC(=O)O)c2)c1. The zero-order valence-electron chi connectivity index (χ0n) is 13.4. The topological polar surface area (TPSA) is 66.4 Å². The molecular formula is C19H21NO3. The molecule has 1 amide bonds. The molecule has 0 aliphatic heterocycles. The number of hydrogen-bond acceptors (Lipinski definition) is 2. The molecule has 0 spiro atoms. The Labute approximate surface area is 136 Å². The van der Waals surface area contributed by atoms with E-state index in [1.807, 2.05) is 56.3 Å². The van der Waals surface area contributed by atoms with Crippen LogP contribution in [-0.4, -0.2) is 17.0 Å². The number of benzene rings is 2. The molecule has 0 aliphatic carbocycles. The van der Waals surface area contributed by atoms with Crippen molar-refractivity contribution < 1.29 is 14.7 Å². The molecule has 0 bridgehead atoms. The summed E-state index contributed by atoms with van der Waals surface area (Å²) in [6.45, 7) is 4.00. The first-order chi connectivity index (χ1) is 10.9. The number of aryl methyl sites for hydroxylation is 3. The van der Waals surface area contributed by atoms with E-state index in [0.717, 1.165) is 22.3 Å². The van der Waals surface area contributed by atoms with Gasteiger partial charge in [0.05, 0.1) is 6.42 Å². The van der Waals surface area contributed by atoms with E-state index in [-0.39, 0.29) is 12.3 Å². The maximum atomic E-state index is 12.2. The van der Waals surface area contributed by atoms with Crippen molar-refractivity contribution in [2.75, 3.05) is 5.32 Å². The Bertz CT molecular complexity index is 722. The largest absolute Gasteiger partial charge is 0.481 e. The molecule has 0 heterocycles. The van der Waals surface area contributed by atoms with Gasteiger partial charge in [0.1, 0.15) is 0 Å². The van der Waals surface area contributed by atoms with Gasteiger partial charge in [0, 0.05) is 12.1 Å². The van der Waals surface area contributed by atoms with Crippen LogP contribution >= 0.6 is 0 Å². The molecule has 120 valence electrons. The summed E-state index contributed by atoms with van der Waals surface area (Å²) in [5.74, 6) is -0.900. The van der Waals surface area contributed by atoms with Gasteiger partial charge in [-0.25, -0.2) is 0 Å². The molecule has 0 saturated heterocycles. The molecule has 0 saturated carbocycles. The van der Waals surface area contributed by atoms with Gasteiger partial charge in [0.25, 0.3) is 0 Å². The van der Waals surface area contributed by atoms with Gasteiger partial charge in [-0.1, -0.05) is 35.9 Å². The zero-order chi connectivity index (χ0) is 16.8. The van der Waals surface area contributed by atoms with E-state index in [0.29, 0.717) is 18.5 Å². The highest BCUT2D eigenvalue weighted by Gasteiger charge is 2.08. The van der Waals surface area contributed by atoms with Gasteiger partial charge in [-0.3, -0.25) is 9.59 Å². The first-order valence-electron chi connectivity index (χ1n) is 7.61. The van der Waals surface area contributed by atoms with E-state index in [1.165, 1.54) is 0 Å². The summed E-state index contributed by atoms with van der Waals surface area (Å²) in [6.07, 6.45) is 0.864. The van der Waals surface area contributed by atoms with Crippen molar-refractivity contribution in [2.24, 2.45) is 0 Å². The smallest absolute Gasteiger partial charge is 0.303 e. The molecule has 0 aliphatic rings. The van der Waals surface area contributed by atoms with Crippen LogP contribution in [-0.2, 0) is 22.4 Å². The van der Waals surface area contributed by atoms with E-state index in [4.69, 9.17) is 5.11 Å². The van der Waals surface area contributed by atoms with E-state index < -0.39 is 5.97 Å². The summed E-state index contributed by atoms with van der Waals surface area (Å²) in [5.41, 5.74) is 4.85. The number of nitrogens with one attached hydrogen (secondary N) is 1. The Morgan fingerprint density at radius 3 is 2.61 bits per heavy atom. The molecule has 23 heavy (non-hydrogen) atoms. The lowest BCUT2D eigenvalue weighted by atomic mass is 10.0. The molecule has 2 aromatic carbocycles. The fourth-order valence-corrected chi connectivity index (χ4v) is 2.42. The van der Waals surface area contributed by atoms with Crippen LogP contribution in [0, 0.1) is 13.8 Å². The lowest BCUT2D eigenvalue weighted by Crippen LogP contribution is -2.15. The minimum absolute atomic E-state index is 0.0749. The molecule has 2 rings (SSSR count). The Hall–Kier alpha value is -2.62. The second-order valence-electron chi connectivity index (χ2n) is 5.75. The number of carboxylic acids is 1. The summed E-state index contributed by atoms with van der Waals surface area (Å²) in [6, 6.07) is 13.4. The van der Waals surface area contributed by atoms with Crippen molar-refractivity contribution in [3.63, 3.8) is 0 Å².